The van der Waals surface area contributed by atoms with Crippen molar-refractivity contribution in [1.29, 1.82) is 0 Å². The summed E-state index contributed by atoms with van der Waals surface area (Å²) in [7, 11) is 1.69. The normalized spacial score (nSPS) is 30.0. The highest BCUT2D eigenvalue weighted by atomic mass is 32.2. The van der Waals surface area contributed by atoms with Gasteiger partial charge in [0.1, 0.15) is 11.5 Å². The molecule has 10 unspecified atom stereocenters. The first-order valence-corrected chi connectivity index (χ1v) is 22.9. The van der Waals surface area contributed by atoms with Gasteiger partial charge in [0.25, 0.3) is 0 Å². The van der Waals surface area contributed by atoms with E-state index < -0.39 is 0 Å². The minimum absolute atomic E-state index is 0.141. The molecule has 0 aliphatic heterocycles. The van der Waals surface area contributed by atoms with Crippen LogP contribution < -0.4 is 9.47 Å². The minimum atomic E-state index is -0.310. The number of hydrogen-bond donors (Lipinski definition) is 0. The van der Waals surface area contributed by atoms with Gasteiger partial charge in [-0.15, -0.1) is 0 Å². The second kappa shape index (κ2) is 16.6. The summed E-state index contributed by atoms with van der Waals surface area (Å²) in [6.45, 7) is 13.1. The third-order valence-electron chi connectivity index (χ3n) is 14.4. The van der Waals surface area contributed by atoms with Gasteiger partial charge in [0, 0.05) is 36.5 Å². The molecule has 0 saturated heterocycles. The Balaban J connectivity index is 0.000000171. The van der Waals surface area contributed by atoms with Gasteiger partial charge in [-0.25, -0.2) is 0 Å². The van der Waals surface area contributed by atoms with Crippen molar-refractivity contribution in [3.63, 3.8) is 0 Å². The average molecular weight is 783 g/mol. The fraction of sp³-hybridized carbons (Fsp3) is 0.583. The summed E-state index contributed by atoms with van der Waals surface area (Å²) in [5.74, 6) is 10.1. The molecule has 5 aliphatic rings. The molecule has 55 heavy (non-hydrogen) atoms. The second-order valence-electron chi connectivity index (χ2n) is 18.1. The van der Waals surface area contributed by atoms with Gasteiger partial charge in [-0.3, -0.25) is 9.59 Å². The van der Waals surface area contributed by atoms with Crippen LogP contribution in [0.1, 0.15) is 102 Å². The van der Waals surface area contributed by atoms with E-state index in [0.29, 0.717) is 22.2 Å². The highest BCUT2D eigenvalue weighted by Gasteiger charge is 2.68. The van der Waals surface area contributed by atoms with E-state index >= 15 is 0 Å². The molecule has 8 rings (SSSR count). The molecule has 3 aromatic rings. The van der Waals surface area contributed by atoms with E-state index in [1.807, 2.05) is 48.2 Å². The Morgan fingerprint density at radius 3 is 1.82 bits per heavy atom. The monoisotopic (exact) mass is 782 g/mol. The Morgan fingerprint density at radius 1 is 0.691 bits per heavy atom. The van der Waals surface area contributed by atoms with Crippen molar-refractivity contribution in [1.82, 2.24) is 0 Å². The van der Waals surface area contributed by atoms with Gasteiger partial charge < -0.3 is 14.2 Å². The lowest BCUT2D eigenvalue weighted by Crippen LogP contribution is -2.41. The van der Waals surface area contributed by atoms with Crippen LogP contribution in [0.2, 0.25) is 0 Å². The third-order valence-corrected chi connectivity index (χ3v) is 16.2. The van der Waals surface area contributed by atoms with Gasteiger partial charge in [0.05, 0.1) is 13.2 Å². The molecule has 5 aliphatic carbocycles. The lowest BCUT2D eigenvalue weighted by Gasteiger charge is -2.43. The molecule has 0 amide bonds. The van der Waals surface area contributed by atoms with Crippen LogP contribution in [0, 0.1) is 47.3 Å². The molecule has 5 fully saturated rings. The fourth-order valence-electron chi connectivity index (χ4n) is 11.9. The molecule has 0 N–H and O–H groups in total. The van der Waals surface area contributed by atoms with Crippen molar-refractivity contribution in [2.24, 2.45) is 47.3 Å². The number of fused-ring (bicyclic) bond motifs is 12. The van der Waals surface area contributed by atoms with Crippen molar-refractivity contribution in [2.45, 2.75) is 102 Å². The van der Waals surface area contributed by atoms with Crippen molar-refractivity contribution in [3.05, 3.63) is 95.1 Å². The maximum absolute atomic E-state index is 11.5. The summed E-state index contributed by atoms with van der Waals surface area (Å²) in [6.07, 6.45) is 11.0. The number of thioether (sulfide) groups is 2. The maximum atomic E-state index is 11.5. The van der Waals surface area contributed by atoms with Gasteiger partial charge in [-0.2, -0.15) is 11.8 Å². The van der Waals surface area contributed by atoms with E-state index in [0.717, 1.165) is 65.3 Å². The summed E-state index contributed by atoms with van der Waals surface area (Å²) >= 11 is 3.58. The zero-order chi connectivity index (χ0) is 39.1. The Labute approximate surface area is 338 Å². The van der Waals surface area contributed by atoms with E-state index in [9.17, 15) is 9.59 Å². The first-order valence-electron chi connectivity index (χ1n) is 20.6. The lowest BCUT2D eigenvalue weighted by molar-refractivity contribution is -0.131. The van der Waals surface area contributed by atoms with Crippen molar-refractivity contribution < 1.29 is 23.8 Å². The van der Waals surface area contributed by atoms with E-state index in [-0.39, 0.29) is 16.8 Å². The Morgan fingerprint density at radius 2 is 1.27 bits per heavy atom. The van der Waals surface area contributed by atoms with Crippen LogP contribution in [0.4, 0.5) is 0 Å². The third kappa shape index (κ3) is 8.19. The van der Waals surface area contributed by atoms with Gasteiger partial charge in [-0.1, -0.05) is 88.0 Å². The van der Waals surface area contributed by atoms with E-state index in [1.165, 1.54) is 67.9 Å². The van der Waals surface area contributed by atoms with E-state index in [1.54, 1.807) is 25.8 Å². The standard InChI is InChI=1S/C27H30O3.C21H32O2S2/c1-19(28)30-25-16-12-21(13-17-25)27(4,5)23-9-7-8-22(18-23)26(2,3)20-10-14-24(29-6)15-11-20;1-11(22)25-13-8-14-15(9-13)17-10-16(14)20-12-6-18(21(17)20)19(7-12)23-4-3-5-24-2/h7-18H,1-6H3;12-21H,3-10H2,1-2H3. The van der Waals surface area contributed by atoms with Gasteiger partial charge in [0.2, 0.25) is 0 Å². The first-order chi connectivity index (χ1) is 26.3. The summed E-state index contributed by atoms with van der Waals surface area (Å²) in [4.78, 5) is 22.7. The van der Waals surface area contributed by atoms with Crippen LogP contribution >= 0.6 is 23.5 Å². The molecule has 0 aromatic heterocycles. The minimum Gasteiger partial charge on any atom is -0.497 e. The highest BCUT2D eigenvalue weighted by molar-refractivity contribution is 8.14. The topological polar surface area (TPSA) is 61.8 Å². The van der Waals surface area contributed by atoms with Crippen molar-refractivity contribution in [3.8, 4) is 11.5 Å². The number of hydrogen-bond acceptors (Lipinski definition) is 7. The first kappa shape index (κ1) is 40.5. The zero-order valence-corrected chi connectivity index (χ0v) is 35.8. The number of esters is 1. The van der Waals surface area contributed by atoms with Crippen molar-refractivity contribution >= 4 is 34.6 Å². The van der Waals surface area contributed by atoms with Crippen LogP contribution in [-0.4, -0.2) is 48.2 Å². The summed E-state index contributed by atoms with van der Waals surface area (Å²) in [5, 5.41) is 0.962. The average Bonchev–Trinajstić information content (AvgIpc) is 3.99. The van der Waals surface area contributed by atoms with Crippen LogP contribution in [0.15, 0.2) is 72.8 Å². The SMILES string of the molecule is COc1ccc(C(C)(C)c2cccc(C(C)(C)c3ccc(OC(C)=O)cc3)c2)cc1.CSCCCOC1CC2CC1C1C3CC(C4CC(SC(C)=O)CC43)C21. The van der Waals surface area contributed by atoms with Crippen LogP contribution in [0.5, 0.6) is 11.5 Å². The molecule has 5 nitrogen and oxygen atoms in total. The molecule has 0 heterocycles. The molecule has 10 atom stereocenters. The van der Waals surface area contributed by atoms with Gasteiger partial charge >= 0.3 is 5.97 Å². The summed E-state index contributed by atoms with van der Waals surface area (Å²) < 4.78 is 16.8. The van der Waals surface area contributed by atoms with Crippen LogP contribution in [0.3, 0.4) is 0 Å². The Kier molecular flexibility index (Phi) is 12.2. The molecular formula is C48H62O5S2. The number of ether oxygens (including phenoxy) is 3. The number of rotatable bonds is 12. The molecular weight excluding hydrogens is 721 g/mol. The Bertz CT molecular complexity index is 1800. The number of benzene rings is 3. The zero-order valence-electron chi connectivity index (χ0n) is 34.2. The highest BCUT2D eigenvalue weighted by Crippen LogP contribution is 2.73. The quantitative estimate of drug-likeness (QED) is 0.0785. The molecule has 7 heteroatoms. The number of carbonyl (C=O) groups is 2. The smallest absolute Gasteiger partial charge is 0.308 e. The van der Waals surface area contributed by atoms with E-state index in [4.69, 9.17) is 14.2 Å². The summed E-state index contributed by atoms with van der Waals surface area (Å²) in [5.41, 5.74) is 4.57. The van der Waals surface area contributed by atoms with Gasteiger partial charge in [0.15, 0.2) is 5.12 Å². The van der Waals surface area contributed by atoms with Gasteiger partial charge in [-0.05, 0) is 144 Å². The predicted octanol–water partition coefficient (Wildman–Crippen LogP) is 11.0. The molecule has 0 spiro atoms. The molecule has 4 bridgehead atoms. The largest absolute Gasteiger partial charge is 0.497 e. The van der Waals surface area contributed by atoms with E-state index in [2.05, 4.69) is 70.3 Å². The molecule has 5 saturated carbocycles. The van der Waals surface area contributed by atoms with Crippen molar-refractivity contribution in [2.75, 3.05) is 25.7 Å². The fourth-order valence-corrected chi connectivity index (χ4v) is 13.4. The van der Waals surface area contributed by atoms with Crippen LogP contribution in [0.25, 0.3) is 0 Å². The van der Waals surface area contributed by atoms with Crippen LogP contribution in [-0.2, 0) is 25.2 Å². The summed E-state index contributed by atoms with van der Waals surface area (Å²) in [6, 6.07) is 24.8. The maximum Gasteiger partial charge on any atom is 0.308 e. The Hall–Kier alpha value is -2.74. The lowest BCUT2D eigenvalue weighted by atomic mass is 9.64. The molecule has 0 radical (unpaired) electrons. The molecule has 3 aromatic carbocycles. The number of carbonyl (C=O) groups excluding carboxylic acids is 2. The second-order valence-corrected chi connectivity index (χ2v) is 20.5. The number of methoxy groups -OCH3 is 1. The predicted molar refractivity (Wildman–Crippen MR) is 227 cm³/mol. The molecule has 296 valence electrons.